The third kappa shape index (κ3) is 6.02. The van der Waals surface area contributed by atoms with E-state index in [0.29, 0.717) is 60.3 Å². The van der Waals surface area contributed by atoms with Gasteiger partial charge in [-0.1, -0.05) is 0 Å². The van der Waals surface area contributed by atoms with Gasteiger partial charge in [-0.3, -0.25) is 9.59 Å². The molecule has 1 unspecified atom stereocenters. The number of amides is 2. The van der Waals surface area contributed by atoms with Gasteiger partial charge in [-0.15, -0.1) is 0 Å². The average Bonchev–Trinajstić information content (AvgIpc) is 3.29. The van der Waals surface area contributed by atoms with Crippen LogP contribution in [-0.4, -0.2) is 61.8 Å². The fourth-order valence-corrected chi connectivity index (χ4v) is 3.37. The molecule has 1 aliphatic heterocycles. The van der Waals surface area contributed by atoms with E-state index in [1.807, 2.05) is 0 Å². The number of fused-ring (bicyclic) bond motifs is 1. The molecule has 10 nitrogen and oxygen atoms in total. The van der Waals surface area contributed by atoms with Crippen molar-refractivity contribution in [3.05, 3.63) is 18.0 Å². The summed E-state index contributed by atoms with van der Waals surface area (Å²) in [6.07, 6.45) is 2.18. The van der Waals surface area contributed by atoms with Crippen molar-refractivity contribution in [2.45, 2.75) is 38.8 Å². The quantitative estimate of drug-likeness (QED) is 0.482. The molecule has 0 radical (unpaired) electrons. The second-order valence-electron chi connectivity index (χ2n) is 7.22. The molecule has 1 atom stereocenters. The molecule has 2 heterocycles. The minimum atomic E-state index is -0.304. The van der Waals surface area contributed by atoms with Gasteiger partial charge in [0.2, 0.25) is 11.8 Å². The van der Waals surface area contributed by atoms with E-state index in [4.69, 9.17) is 14.2 Å². The highest BCUT2D eigenvalue weighted by molar-refractivity contribution is 5.99. The third-order valence-electron chi connectivity index (χ3n) is 4.88. The average molecular weight is 431 g/mol. The van der Waals surface area contributed by atoms with Crippen LogP contribution >= 0.6 is 0 Å². The maximum atomic E-state index is 11.9. The van der Waals surface area contributed by atoms with Crippen molar-refractivity contribution in [3.8, 4) is 11.5 Å². The van der Waals surface area contributed by atoms with Crippen molar-refractivity contribution in [1.82, 2.24) is 20.6 Å². The lowest BCUT2D eigenvalue weighted by Crippen LogP contribution is -2.35. The van der Waals surface area contributed by atoms with Crippen molar-refractivity contribution in [2.75, 3.05) is 39.2 Å². The van der Waals surface area contributed by atoms with Crippen molar-refractivity contribution in [3.63, 3.8) is 0 Å². The number of hydrogen-bond donors (Lipinski definition) is 3. The van der Waals surface area contributed by atoms with E-state index in [1.165, 1.54) is 6.92 Å². The minimum absolute atomic E-state index is 0.0420. The van der Waals surface area contributed by atoms with Gasteiger partial charge < -0.3 is 30.2 Å². The highest BCUT2D eigenvalue weighted by Crippen LogP contribution is 2.34. The van der Waals surface area contributed by atoms with Gasteiger partial charge in [0.05, 0.1) is 26.3 Å². The fourth-order valence-electron chi connectivity index (χ4n) is 3.37. The Morgan fingerprint density at radius 3 is 2.61 bits per heavy atom. The molecule has 1 saturated heterocycles. The van der Waals surface area contributed by atoms with Gasteiger partial charge in [0.1, 0.15) is 17.7 Å². The second kappa shape index (κ2) is 10.9. The van der Waals surface area contributed by atoms with Crippen LogP contribution in [0.1, 0.15) is 32.0 Å². The Kier molecular flexibility index (Phi) is 7.96. The Balaban J connectivity index is 1.60. The van der Waals surface area contributed by atoms with Crippen LogP contribution in [0.25, 0.3) is 10.9 Å². The number of carbonyl (C=O) groups is 2. The Hall–Kier alpha value is -2.98. The van der Waals surface area contributed by atoms with E-state index in [9.17, 15) is 9.59 Å². The summed E-state index contributed by atoms with van der Waals surface area (Å²) in [5.74, 6) is 1.76. The molecule has 0 aliphatic carbocycles. The van der Waals surface area contributed by atoms with Crippen molar-refractivity contribution < 1.29 is 23.8 Å². The van der Waals surface area contributed by atoms with E-state index in [1.54, 1.807) is 26.4 Å². The number of carbonyl (C=O) groups excluding carboxylic acids is 2. The standard InChI is InChI=1S/C21H29N5O5/c1-13(27)24-20-14-10-17(29-2)18(30-3)11-15(14)25-19(26-20)12-22-7-5-8-23-21(28)16-6-4-9-31-16/h10-11,16,22H,4-9,12H2,1-3H3,(H,23,28)(H,24,25,26,27). The van der Waals surface area contributed by atoms with Gasteiger partial charge in [-0.05, 0) is 31.9 Å². The first-order chi connectivity index (χ1) is 15.0. The van der Waals surface area contributed by atoms with E-state index in [-0.39, 0.29) is 17.9 Å². The lowest BCUT2D eigenvalue weighted by molar-refractivity contribution is -0.130. The van der Waals surface area contributed by atoms with Gasteiger partial charge in [-0.2, -0.15) is 0 Å². The van der Waals surface area contributed by atoms with Crippen molar-refractivity contribution in [2.24, 2.45) is 0 Å². The lowest BCUT2D eigenvalue weighted by atomic mass is 10.2. The predicted molar refractivity (Wildman–Crippen MR) is 115 cm³/mol. The summed E-state index contributed by atoms with van der Waals surface area (Å²) in [6.45, 7) is 3.74. The zero-order valence-electron chi connectivity index (χ0n) is 18.1. The molecule has 1 aromatic heterocycles. The summed E-state index contributed by atoms with van der Waals surface area (Å²) < 4.78 is 16.1. The zero-order chi connectivity index (χ0) is 22.2. The van der Waals surface area contributed by atoms with Crippen LogP contribution in [0.5, 0.6) is 11.5 Å². The van der Waals surface area contributed by atoms with Gasteiger partial charge in [0.25, 0.3) is 0 Å². The normalized spacial score (nSPS) is 15.6. The summed E-state index contributed by atoms with van der Waals surface area (Å²) in [6, 6.07) is 3.50. The third-order valence-corrected chi connectivity index (χ3v) is 4.88. The van der Waals surface area contributed by atoms with Gasteiger partial charge in [0, 0.05) is 31.5 Å². The van der Waals surface area contributed by atoms with Gasteiger partial charge in [0.15, 0.2) is 11.5 Å². The van der Waals surface area contributed by atoms with Crippen molar-refractivity contribution in [1.29, 1.82) is 0 Å². The maximum Gasteiger partial charge on any atom is 0.249 e. The summed E-state index contributed by atoms with van der Waals surface area (Å²) in [4.78, 5) is 32.6. The number of hydrogen-bond acceptors (Lipinski definition) is 8. The SMILES string of the molecule is COc1cc2nc(CNCCCNC(=O)C3CCCO3)nc(NC(C)=O)c2cc1OC. The Bertz CT molecular complexity index is 930. The molecule has 0 saturated carbocycles. The molecule has 1 aromatic carbocycles. The summed E-state index contributed by atoms with van der Waals surface area (Å²) >= 11 is 0. The van der Waals surface area contributed by atoms with Crippen LogP contribution in [0.4, 0.5) is 5.82 Å². The highest BCUT2D eigenvalue weighted by Gasteiger charge is 2.22. The number of methoxy groups -OCH3 is 2. The van der Waals surface area contributed by atoms with Crippen molar-refractivity contribution >= 4 is 28.5 Å². The van der Waals surface area contributed by atoms with Crippen LogP contribution in [0, 0.1) is 0 Å². The molecule has 0 spiro atoms. The molecule has 10 heteroatoms. The summed E-state index contributed by atoms with van der Waals surface area (Å²) in [5.41, 5.74) is 0.636. The number of nitrogens with zero attached hydrogens (tertiary/aromatic N) is 2. The van der Waals surface area contributed by atoms with E-state index < -0.39 is 0 Å². The number of nitrogens with one attached hydrogen (secondary N) is 3. The molecular weight excluding hydrogens is 402 g/mol. The molecule has 31 heavy (non-hydrogen) atoms. The van der Waals surface area contributed by atoms with Gasteiger partial charge in [-0.25, -0.2) is 9.97 Å². The molecule has 0 bridgehead atoms. The number of anilines is 1. The highest BCUT2D eigenvalue weighted by atomic mass is 16.5. The topological polar surface area (TPSA) is 124 Å². The Labute approximate surface area is 181 Å². The molecule has 1 fully saturated rings. The summed E-state index contributed by atoms with van der Waals surface area (Å²) in [5, 5.41) is 9.57. The molecular formula is C21H29N5O5. The molecule has 3 N–H and O–H groups in total. The number of benzene rings is 1. The van der Waals surface area contributed by atoms with Crippen LogP contribution in [-0.2, 0) is 20.9 Å². The monoisotopic (exact) mass is 431 g/mol. The Morgan fingerprint density at radius 2 is 1.94 bits per heavy atom. The number of aromatic nitrogens is 2. The first kappa shape index (κ1) is 22.7. The second-order valence-corrected chi connectivity index (χ2v) is 7.22. The first-order valence-corrected chi connectivity index (χ1v) is 10.3. The first-order valence-electron chi connectivity index (χ1n) is 10.3. The number of ether oxygens (including phenoxy) is 3. The van der Waals surface area contributed by atoms with E-state index in [0.717, 1.165) is 19.3 Å². The summed E-state index contributed by atoms with van der Waals surface area (Å²) in [7, 11) is 3.10. The zero-order valence-corrected chi connectivity index (χ0v) is 18.1. The number of rotatable bonds is 10. The smallest absolute Gasteiger partial charge is 0.249 e. The molecule has 3 rings (SSSR count). The lowest BCUT2D eigenvalue weighted by Gasteiger charge is -2.13. The molecule has 2 amide bonds. The van der Waals surface area contributed by atoms with Gasteiger partial charge >= 0.3 is 0 Å². The van der Waals surface area contributed by atoms with E-state index in [2.05, 4.69) is 25.9 Å². The predicted octanol–water partition coefficient (Wildman–Crippen LogP) is 1.38. The molecule has 2 aromatic rings. The van der Waals surface area contributed by atoms with E-state index >= 15 is 0 Å². The fraction of sp³-hybridized carbons (Fsp3) is 0.524. The minimum Gasteiger partial charge on any atom is -0.493 e. The van der Waals surface area contributed by atoms with Crippen LogP contribution in [0.3, 0.4) is 0 Å². The molecule has 168 valence electrons. The van der Waals surface area contributed by atoms with Crippen LogP contribution in [0.2, 0.25) is 0 Å². The maximum absolute atomic E-state index is 11.9. The van der Waals surface area contributed by atoms with Crippen LogP contribution in [0.15, 0.2) is 12.1 Å². The molecule has 1 aliphatic rings. The largest absolute Gasteiger partial charge is 0.493 e. The Morgan fingerprint density at radius 1 is 1.16 bits per heavy atom. The van der Waals surface area contributed by atoms with Crippen LogP contribution < -0.4 is 25.4 Å².